The van der Waals surface area contributed by atoms with Crippen molar-refractivity contribution in [2.24, 2.45) is 5.41 Å². The van der Waals surface area contributed by atoms with Crippen LogP contribution in [0.1, 0.15) is 26.3 Å². The van der Waals surface area contributed by atoms with Gasteiger partial charge in [0.2, 0.25) is 0 Å². The van der Waals surface area contributed by atoms with Gasteiger partial charge in [0.25, 0.3) is 0 Å². The Balaban J connectivity index is 1.85. The lowest BCUT2D eigenvalue weighted by molar-refractivity contribution is 0.482. The molecule has 0 atom stereocenters. The molecule has 0 bridgehead atoms. The van der Waals surface area contributed by atoms with Gasteiger partial charge in [0.15, 0.2) is 0 Å². The Labute approximate surface area is 221 Å². The molecular formula is C35H33OP. The van der Waals surface area contributed by atoms with Gasteiger partial charge in [-0.1, -0.05) is 142 Å². The summed E-state index contributed by atoms with van der Waals surface area (Å²) in [6.07, 6.45) is 0. The summed E-state index contributed by atoms with van der Waals surface area (Å²) in [6, 6.07) is 51.9. The first-order valence-electron chi connectivity index (χ1n) is 12.8. The van der Waals surface area contributed by atoms with E-state index in [1.165, 1.54) is 26.8 Å². The van der Waals surface area contributed by atoms with Gasteiger partial charge in [-0.3, -0.25) is 0 Å². The zero-order valence-electron chi connectivity index (χ0n) is 21.7. The summed E-state index contributed by atoms with van der Waals surface area (Å²) in [7, 11) is 0. The molecule has 0 aliphatic carbocycles. The molecule has 5 rings (SSSR count). The van der Waals surface area contributed by atoms with Crippen LogP contribution in [-0.4, -0.2) is 5.29 Å². The number of benzene rings is 5. The molecule has 1 nitrogen and oxygen atoms in total. The first-order chi connectivity index (χ1) is 18.0. The Bertz CT molecular complexity index is 1380. The molecule has 0 aliphatic heterocycles. The molecule has 0 unspecified atom stereocenters. The second kappa shape index (κ2) is 10.7. The van der Waals surface area contributed by atoms with Crippen LogP contribution >= 0.6 is 6.89 Å². The van der Waals surface area contributed by atoms with Crippen molar-refractivity contribution in [3.63, 3.8) is 0 Å². The zero-order chi connectivity index (χ0) is 25.7. The minimum absolute atomic E-state index is 0.100. The van der Waals surface area contributed by atoms with Crippen molar-refractivity contribution in [3.05, 3.63) is 151 Å². The molecule has 2 heteroatoms. The number of para-hydroxylation sites is 1. The van der Waals surface area contributed by atoms with Crippen LogP contribution < -0.4 is 20.7 Å². The summed E-state index contributed by atoms with van der Waals surface area (Å²) in [5, 5.41) is 5.54. The van der Waals surface area contributed by atoms with E-state index >= 15 is 0 Å². The summed E-state index contributed by atoms with van der Waals surface area (Å²) >= 11 is 0. The third kappa shape index (κ3) is 5.06. The highest BCUT2D eigenvalue weighted by atomic mass is 31.2. The van der Waals surface area contributed by atoms with Crippen LogP contribution in [0.3, 0.4) is 0 Å². The Hall–Kier alpha value is -3.80. The van der Waals surface area contributed by atoms with Crippen LogP contribution in [0.25, 0.3) is 0 Å². The lowest BCUT2D eigenvalue weighted by Gasteiger charge is -2.39. The van der Waals surface area contributed by atoms with Crippen LogP contribution in [0.2, 0.25) is 0 Å². The second-order valence-electron chi connectivity index (χ2n) is 10.2. The zero-order valence-corrected chi connectivity index (χ0v) is 22.6. The Morgan fingerprint density at radius 2 is 0.811 bits per heavy atom. The van der Waals surface area contributed by atoms with Crippen molar-refractivity contribution in [2.45, 2.75) is 20.8 Å². The van der Waals surface area contributed by atoms with E-state index in [0.29, 0.717) is 0 Å². The molecule has 0 radical (unpaired) electrons. The first-order valence-corrected chi connectivity index (χ1v) is 14.6. The fourth-order valence-electron chi connectivity index (χ4n) is 5.22. The van der Waals surface area contributed by atoms with E-state index in [2.05, 4.69) is 136 Å². The summed E-state index contributed by atoms with van der Waals surface area (Å²) < 4.78 is 6.14. The van der Waals surface area contributed by atoms with Crippen molar-refractivity contribution < 1.29 is 4.74 Å². The van der Waals surface area contributed by atoms with E-state index in [4.69, 9.17) is 4.74 Å². The van der Waals surface area contributed by atoms with Crippen molar-refractivity contribution >= 4 is 28.1 Å². The Morgan fingerprint density at radius 1 is 0.459 bits per heavy atom. The molecule has 0 aromatic heterocycles. The van der Waals surface area contributed by atoms with Crippen molar-refractivity contribution in [1.82, 2.24) is 0 Å². The van der Waals surface area contributed by atoms with Gasteiger partial charge in [-0.25, -0.2) is 0 Å². The van der Waals surface area contributed by atoms with Crippen LogP contribution in [0.5, 0.6) is 11.5 Å². The molecule has 0 N–H and O–H groups in total. The number of hydrogen-bond acceptors (Lipinski definition) is 1. The monoisotopic (exact) mass is 500 g/mol. The molecule has 0 aliphatic rings. The fourth-order valence-corrected chi connectivity index (χ4v) is 10.3. The maximum absolute atomic E-state index is 6.14. The van der Waals surface area contributed by atoms with Gasteiger partial charge >= 0.3 is 0 Å². The van der Waals surface area contributed by atoms with Gasteiger partial charge in [-0.2, -0.15) is 0 Å². The summed E-state index contributed by atoms with van der Waals surface area (Å²) in [6.45, 7) is 4.83. The highest BCUT2D eigenvalue weighted by Crippen LogP contribution is 2.51. The van der Waals surface area contributed by atoms with Gasteiger partial charge < -0.3 is 4.74 Å². The lowest BCUT2D eigenvalue weighted by atomic mass is 9.88. The topological polar surface area (TPSA) is 9.23 Å². The van der Waals surface area contributed by atoms with Gasteiger partial charge in [0.05, 0.1) is 0 Å². The van der Waals surface area contributed by atoms with Crippen LogP contribution in [-0.2, 0) is 0 Å². The van der Waals surface area contributed by atoms with E-state index in [1.54, 1.807) is 0 Å². The molecule has 5 aromatic carbocycles. The maximum Gasteiger partial charge on any atom is 0.127 e. The quantitative estimate of drug-likeness (QED) is 0.214. The van der Waals surface area contributed by atoms with Gasteiger partial charge in [0, 0.05) is 0 Å². The molecule has 0 spiro atoms. The first kappa shape index (κ1) is 24.9. The van der Waals surface area contributed by atoms with E-state index in [9.17, 15) is 0 Å². The molecule has 0 heterocycles. The van der Waals surface area contributed by atoms with Crippen LogP contribution in [0.15, 0.2) is 146 Å². The molecule has 0 saturated carbocycles. The minimum Gasteiger partial charge on any atom is -0.457 e. The van der Waals surface area contributed by atoms with Crippen molar-refractivity contribution in [2.75, 3.05) is 0 Å². The Morgan fingerprint density at radius 3 is 1.19 bits per heavy atom. The molecule has 0 amide bonds. The van der Waals surface area contributed by atoms with E-state index in [0.717, 1.165) is 11.5 Å². The predicted molar refractivity (Wildman–Crippen MR) is 162 cm³/mol. The predicted octanol–water partition coefficient (Wildman–Crippen LogP) is 8.04. The summed E-state index contributed by atoms with van der Waals surface area (Å²) in [5.41, 5.74) is 1.15. The van der Waals surface area contributed by atoms with Gasteiger partial charge in [0.1, 0.15) is 11.5 Å². The average molecular weight is 501 g/mol. The molecular weight excluding hydrogens is 467 g/mol. The number of rotatable bonds is 6. The lowest BCUT2D eigenvalue weighted by Crippen LogP contribution is -2.36. The number of hydrogen-bond donors (Lipinski definition) is 0. The number of ether oxygens (including phenoxy) is 1. The molecule has 0 saturated heterocycles. The van der Waals surface area contributed by atoms with Gasteiger partial charge in [-0.15, -0.1) is 0 Å². The normalized spacial score (nSPS) is 11.6. The van der Waals surface area contributed by atoms with E-state index < -0.39 is 6.89 Å². The smallest absolute Gasteiger partial charge is 0.127 e. The average Bonchev–Trinajstić information content (AvgIpc) is 2.94. The highest BCUT2D eigenvalue weighted by Gasteiger charge is 2.35. The molecule has 184 valence electrons. The highest BCUT2D eigenvalue weighted by molar-refractivity contribution is 7.95. The van der Waals surface area contributed by atoms with Crippen molar-refractivity contribution in [1.29, 1.82) is 0 Å². The van der Waals surface area contributed by atoms with E-state index in [1.807, 2.05) is 30.3 Å². The second-order valence-corrected chi connectivity index (χ2v) is 13.6. The Kier molecular flexibility index (Phi) is 7.17. The third-order valence-electron chi connectivity index (χ3n) is 6.58. The minimum atomic E-state index is -2.21. The van der Waals surface area contributed by atoms with Gasteiger partial charge in [-0.05, 0) is 63.3 Å². The third-order valence-corrected chi connectivity index (χ3v) is 11.4. The summed E-state index contributed by atoms with van der Waals surface area (Å²) in [4.78, 5) is 0. The largest absolute Gasteiger partial charge is 0.457 e. The SMILES string of the molecule is CC(C)(C)C(c1ccc(Oc2ccccc2)cc1)=P(c1ccccc1)(c1ccccc1)c1ccccc1. The summed E-state index contributed by atoms with van der Waals surface area (Å²) in [5.74, 6) is 1.68. The van der Waals surface area contributed by atoms with Crippen LogP contribution in [0.4, 0.5) is 0 Å². The van der Waals surface area contributed by atoms with Crippen LogP contribution in [0, 0.1) is 5.41 Å². The molecule has 0 fully saturated rings. The van der Waals surface area contributed by atoms with Crippen molar-refractivity contribution in [3.8, 4) is 11.5 Å². The maximum atomic E-state index is 6.14. The molecule has 5 aromatic rings. The van der Waals surface area contributed by atoms with E-state index in [-0.39, 0.29) is 5.41 Å². The standard InChI is InChI=1S/C35H33OP/c1-35(2,3)34(28-24-26-30(27-25-28)36-29-16-8-4-9-17-29)37(31-18-10-5-11-19-31,32-20-12-6-13-21-32)33-22-14-7-15-23-33/h4-27H,1-3H3. The fraction of sp³-hybridized carbons (Fsp3) is 0.114. The molecule has 37 heavy (non-hydrogen) atoms.